The Balaban J connectivity index is 2.95. The second-order valence-corrected chi connectivity index (χ2v) is 3.37. The summed E-state index contributed by atoms with van der Waals surface area (Å²) in [4.78, 5) is 14.3. The van der Waals surface area contributed by atoms with Crippen LogP contribution in [0, 0.1) is 11.3 Å². The van der Waals surface area contributed by atoms with Crippen LogP contribution in [0.4, 0.5) is 0 Å². The van der Waals surface area contributed by atoms with Crippen molar-refractivity contribution in [1.82, 2.24) is 4.98 Å². The van der Waals surface area contributed by atoms with Gasteiger partial charge >= 0.3 is 0 Å². The number of aromatic amines is 1. The largest absolute Gasteiger partial charge is 0.328 e. The van der Waals surface area contributed by atoms with Gasteiger partial charge in [-0.25, -0.2) is 0 Å². The summed E-state index contributed by atoms with van der Waals surface area (Å²) < 4.78 is 0.619. The summed E-state index contributed by atoms with van der Waals surface area (Å²) in [6.45, 7) is 0. The minimum atomic E-state index is -0.126. The third-order valence-corrected chi connectivity index (χ3v) is 2.61. The maximum absolute atomic E-state index is 11.2. The first kappa shape index (κ1) is 7.07. The Morgan fingerprint density at radius 2 is 2.42 bits per heavy atom. The number of H-pyrrole nitrogens is 1. The quantitative estimate of drug-likeness (QED) is 0.660. The third-order valence-electron chi connectivity index (χ3n) is 1.55. The lowest BCUT2D eigenvalue weighted by Crippen LogP contribution is -2.01. The first-order chi connectivity index (χ1) is 5.81. The molecule has 12 heavy (non-hydrogen) atoms. The lowest BCUT2D eigenvalue weighted by molar-refractivity contribution is 1.29. The zero-order chi connectivity index (χ0) is 8.55. The predicted octanol–water partition coefficient (Wildman–Crippen LogP) is 1.46. The molecular weight excluding hydrogens is 172 g/mol. The maximum Gasteiger partial charge on any atom is 0.265 e. The Bertz CT molecular complexity index is 518. The van der Waals surface area contributed by atoms with Crippen LogP contribution < -0.4 is 5.56 Å². The van der Waals surface area contributed by atoms with Crippen molar-refractivity contribution in [3.63, 3.8) is 0 Å². The first-order valence-electron chi connectivity index (χ1n) is 3.32. The number of fused-ring (bicyclic) bond motifs is 1. The van der Waals surface area contributed by atoms with Gasteiger partial charge in [-0.2, -0.15) is 5.26 Å². The molecule has 0 aliphatic carbocycles. The third kappa shape index (κ3) is 0.917. The molecule has 4 heteroatoms. The molecule has 0 radical (unpaired) electrons. The molecule has 0 fully saturated rings. The van der Waals surface area contributed by atoms with Crippen LogP contribution in [0.25, 0.3) is 10.1 Å². The molecule has 0 saturated carbocycles. The van der Waals surface area contributed by atoms with Crippen molar-refractivity contribution < 1.29 is 0 Å². The molecule has 0 saturated heterocycles. The minimum absolute atomic E-state index is 0.126. The predicted molar refractivity (Wildman–Crippen MR) is 47.2 cm³/mol. The molecule has 0 unspecified atom stereocenters. The van der Waals surface area contributed by atoms with Crippen molar-refractivity contribution in [3.8, 4) is 6.07 Å². The van der Waals surface area contributed by atoms with Gasteiger partial charge in [-0.1, -0.05) is 0 Å². The van der Waals surface area contributed by atoms with E-state index in [4.69, 9.17) is 5.26 Å². The summed E-state index contributed by atoms with van der Waals surface area (Å²) in [6.07, 6.45) is 1.58. The molecule has 2 aromatic heterocycles. The fourth-order valence-corrected chi connectivity index (χ4v) is 1.88. The molecule has 0 atom stereocenters. The number of hydrogen-bond acceptors (Lipinski definition) is 3. The summed E-state index contributed by atoms with van der Waals surface area (Å²) in [5, 5.41) is 9.41. The van der Waals surface area contributed by atoms with Crippen LogP contribution in [-0.4, -0.2) is 4.98 Å². The Kier molecular flexibility index (Phi) is 1.45. The van der Waals surface area contributed by atoms with Gasteiger partial charge in [0.2, 0.25) is 0 Å². The average Bonchev–Trinajstić information content (AvgIpc) is 2.49. The Labute approximate surface area is 71.9 Å². The highest BCUT2D eigenvalue weighted by Crippen LogP contribution is 2.20. The molecule has 2 aromatic rings. The van der Waals surface area contributed by atoms with Gasteiger partial charge in [0, 0.05) is 11.6 Å². The number of nitrogens with zero attached hydrogens (tertiary/aromatic N) is 1. The minimum Gasteiger partial charge on any atom is -0.328 e. The highest BCUT2D eigenvalue weighted by Gasteiger charge is 2.02. The van der Waals surface area contributed by atoms with Gasteiger partial charge in [-0.3, -0.25) is 4.79 Å². The molecule has 0 aliphatic rings. The molecular formula is C8H4N2OS. The Morgan fingerprint density at radius 3 is 3.08 bits per heavy atom. The maximum atomic E-state index is 11.2. The zero-order valence-electron chi connectivity index (χ0n) is 6.00. The normalized spacial score (nSPS) is 9.92. The van der Waals surface area contributed by atoms with E-state index in [1.807, 2.05) is 6.07 Å². The van der Waals surface area contributed by atoms with Crippen LogP contribution in [0.2, 0.25) is 0 Å². The summed E-state index contributed by atoms with van der Waals surface area (Å²) >= 11 is 1.22. The summed E-state index contributed by atoms with van der Waals surface area (Å²) in [5.74, 6) is 0. The number of hydrogen-bond donors (Lipinski definition) is 1. The molecule has 0 amide bonds. The van der Waals surface area contributed by atoms with E-state index in [9.17, 15) is 4.79 Å². The number of pyridine rings is 1. The number of aromatic nitrogens is 1. The number of nitrogens with one attached hydrogen (secondary N) is 1. The van der Waals surface area contributed by atoms with Crippen LogP contribution in [-0.2, 0) is 0 Å². The van der Waals surface area contributed by atoms with Crippen LogP contribution in [0.3, 0.4) is 0 Å². The Morgan fingerprint density at radius 1 is 1.58 bits per heavy atom. The second-order valence-electron chi connectivity index (χ2n) is 2.31. The van der Waals surface area contributed by atoms with Crippen LogP contribution in [0.1, 0.15) is 4.88 Å². The van der Waals surface area contributed by atoms with Crippen LogP contribution in [0.15, 0.2) is 23.1 Å². The van der Waals surface area contributed by atoms with Gasteiger partial charge in [0.25, 0.3) is 5.56 Å². The van der Waals surface area contributed by atoms with E-state index in [0.717, 1.165) is 5.39 Å². The molecule has 0 bridgehead atoms. The topological polar surface area (TPSA) is 56.6 Å². The van der Waals surface area contributed by atoms with Crippen molar-refractivity contribution in [3.05, 3.63) is 33.6 Å². The lowest BCUT2D eigenvalue weighted by atomic mass is 10.3. The molecule has 0 spiro atoms. The van der Waals surface area contributed by atoms with Crippen molar-refractivity contribution in [1.29, 1.82) is 5.26 Å². The fourth-order valence-electron chi connectivity index (χ4n) is 1.03. The lowest BCUT2D eigenvalue weighted by Gasteiger charge is -1.82. The zero-order valence-corrected chi connectivity index (χ0v) is 6.81. The summed E-state index contributed by atoms with van der Waals surface area (Å²) in [5.41, 5.74) is -0.126. The van der Waals surface area contributed by atoms with E-state index in [2.05, 4.69) is 4.98 Å². The van der Waals surface area contributed by atoms with Crippen molar-refractivity contribution >= 4 is 21.4 Å². The smallest absolute Gasteiger partial charge is 0.265 e. The van der Waals surface area contributed by atoms with E-state index in [1.54, 1.807) is 18.3 Å². The van der Waals surface area contributed by atoms with Crippen molar-refractivity contribution in [2.75, 3.05) is 0 Å². The molecule has 0 aliphatic heterocycles. The average molecular weight is 176 g/mol. The number of rotatable bonds is 0. The molecule has 3 nitrogen and oxygen atoms in total. The molecule has 58 valence electrons. The van der Waals surface area contributed by atoms with Crippen LogP contribution in [0.5, 0.6) is 0 Å². The van der Waals surface area contributed by atoms with E-state index >= 15 is 0 Å². The van der Waals surface area contributed by atoms with E-state index < -0.39 is 0 Å². The molecule has 2 heterocycles. The second kappa shape index (κ2) is 2.47. The van der Waals surface area contributed by atoms with E-state index in [-0.39, 0.29) is 5.56 Å². The highest BCUT2D eigenvalue weighted by molar-refractivity contribution is 7.19. The molecule has 2 rings (SSSR count). The van der Waals surface area contributed by atoms with Crippen molar-refractivity contribution in [2.45, 2.75) is 0 Å². The van der Waals surface area contributed by atoms with Gasteiger partial charge in [0.15, 0.2) is 0 Å². The highest BCUT2D eigenvalue weighted by atomic mass is 32.1. The Hall–Kier alpha value is -1.60. The van der Waals surface area contributed by atoms with E-state index in [0.29, 0.717) is 9.58 Å². The van der Waals surface area contributed by atoms with Gasteiger partial charge < -0.3 is 4.98 Å². The first-order valence-corrected chi connectivity index (χ1v) is 4.14. The number of nitriles is 1. The van der Waals surface area contributed by atoms with E-state index in [1.165, 1.54) is 11.3 Å². The summed E-state index contributed by atoms with van der Waals surface area (Å²) in [7, 11) is 0. The summed E-state index contributed by atoms with van der Waals surface area (Å²) in [6, 6.07) is 5.51. The standard InChI is InChI=1S/C8H4N2OS/c9-4-6-3-5-1-2-10-8(11)7(5)12-6/h1-3H,(H,10,11). The van der Waals surface area contributed by atoms with Gasteiger partial charge in [0.05, 0.1) is 0 Å². The van der Waals surface area contributed by atoms with Gasteiger partial charge in [-0.15, -0.1) is 11.3 Å². The van der Waals surface area contributed by atoms with Gasteiger partial charge in [0.1, 0.15) is 15.6 Å². The SMILES string of the molecule is N#Cc1cc2cc[nH]c(=O)c2s1. The molecule has 0 aromatic carbocycles. The number of thiophene rings is 1. The fraction of sp³-hybridized carbons (Fsp3) is 0. The molecule has 1 N–H and O–H groups in total. The van der Waals surface area contributed by atoms with Gasteiger partial charge in [-0.05, 0) is 12.1 Å². The monoisotopic (exact) mass is 176 g/mol. The van der Waals surface area contributed by atoms with Crippen molar-refractivity contribution in [2.24, 2.45) is 0 Å². The van der Waals surface area contributed by atoms with Crippen LogP contribution >= 0.6 is 11.3 Å².